The van der Waals surface area contributed by atoms with Crippen LogP contribution >= 0.6 is 0 Å². The normalized spacial score (nSPS) is 16.4. The van der Waals surface area contributed by atoms with E-state index in [1.54, 1.807) is 30.3 Å². The van der Waals surface area contributed by atoms with Gasteiger partial charge in [0, 0.05) is 5.56 Å². The molecule has 0 bridgehead atoms. The van der Waals surface area contributed by atoms with Gasteiger partial charge in [-0.3, -0.25) is 0 Å². The molecule has 0 unspecified atom stereocenters. The van der Waals surface area contributed by atoms with Crippen molar-refractivity contribution in [1.82, 2.24) is 14.8 Å². The Morgan fingerprint density at radius 3 is 2.27 bits per heavy atom. The number of pyridine rings is 1. The number of para-hydroxylation sites is 1. The number of nitrogens with zero attached hydrogens (tertiary/aromatic N) is 3. The summed E-state index contributed by atoms with van der Waals surface area (Å²) in [5, 5.41) is 12.9. The first-order chi connectivity index (χ1) is 19.8. The molecule has 2 heterocycles. The predicted molar refractivity (Wildman–Crippen MR) is 146 cm³/mol. The zero-order valence-corrected chi connectivity index (χ0v) is 21.6. The van der Waals surface area contributed by atoms with E-state index in [0.29, 0.717) is 46.3 Å². The minimum atomic E-state index is -4.94. The van der Waals surface area contributed by atoms with E-state index in [2.05, 4.69) is 46.5 Å². The van der Waals surface area contributed by atoms with Crippen LogP contribution in [0.15, 0.2) is 103 Å². The van der Waals surface area contributed by atoms with Gasteiger partial charge in [0.1, 0.15) is 17.9 Å². The molecule has 206 valence electrons. The van der Waals surface area contributed by atoms with E-state index in [9.17, 15) is 23.1 Å². The highest BCUT2D eigenvalue weighted by Crippen LogP contribution is 2.54. The molecule has 2 atom stereocenters. The summed E-state index contributed by atoms with van der Waals surface area (Å²) in [4.78, 5) is 15.7. The lowest BCUT2D eigenvalue weighted by Crippen LogP contribution is -2.18. The number of aromatic carboxylic acids is 1. The zero-order valence-electron chi connectivity index (χ0n) is 21.6. The van der Waals surface area contributed by atoms with E-state index in [4.69, 9.17) is 4.74 Å². The quantitative estimate of drug-likeness (QED) is 0.215. The van der Waals surface area contributed by atoms with Gasteiger partial charge in [-0.15, -0.1) is 0 Å². The summed E-state index contributed by atoms with van der Waals surface area (Å²) in [6.07, 6.45) is -3.13. The van der Waals surface area contributed by atoms with Crippen LogP contribution in [0.5, 0.6) is 5.75 Å². The lowest BCUT2D eigenvalue weighted by molar-refractivity contribution is -0.143. The fourth-order valence-corrected chi connectivity index (χ4v) is 5.10. The number of hydrogen-bond donors (Lipinski definition) is 1. The predicted octanol–water partition coefficient (Wildman–Crippen LogP) is 7.50. The Hall–Kier alpha value is -4.92. The van der Waals surface area contributed by atoms with Crippen LogP contribution in [-0.2, 0) is 12.8 Å². The minimum Gasteiger partial charge on any atom is -0.488 e. The second kappa shape index (κ2) is 10.6. The third kappa shape index (κ3) is 5.43. The number of hydrogen-bond acceptors (Lipinski definition) is 4. The summed E-state index contributed by atoms with van der Waals surface area (Å²) in [5.41, 5.74) is 2.23. The number of ether oxygens (including phenoxy) is 1. The largest absolute Gasteiger partial charge is 0.488 e. The molecule has 1 aliphatic rings. The summed E-state index contributed by atoms with van der Waals surface area (Å²) >= 11 is 0. The fourth-order valence-electron chi connectivity index (χ4n) is 5.10. The minimum absolute atomic E-state index is 0.165. The zero-order chi connectivity index (χ0) is 28.6. The Morgan fingerprint density at radius 2 is 1.56 bits per heavy atom. The van der Waals surface area contributed by atoms with Crippen LogP contribution in [0.2, 0.25) is 0 Å². The lowest BCUT2D eigenvalue weighted by Gasteiger charge is -2.14. The van der Waals surface area contributed by atoms with Crippen molar-refractivity contribution in [1.29, 1.82) is 0 Å². The van der Waals surface area contributed by atoms with Crippen molar-refractivity contribution in [2.45, 2.75) is 31.0 Å². The molecule has 6 nitrogen and oxygen atoms in total. The van der Waals surface area contributed by atoms with Gasteiger partial charge in [0.2, 0.25) is 0 Å². The second-order valence-electron chi connectivity index (χ2n) is 9.89. The number of carboxylic acid groups (broad SMARTS) is 1. The molecule has 0 radical (unpaired) electrons. The lowest BCUT2D eigenvalue weighted by atomic mass is 10.0. The van der Waals surface area contributed by atoms with E-state index in [0.717, 1.165) is 12.0 Å². The Morgan fingerprint density at radius 1 is 0.878 bits per heavy atom. The first-order valence-corrected chi connectivity index (χ1v) is 13.0. The standard InChI is InChI=1S/C32H24F3N3O3/c33-32(34,35)30-26(31(39)40)18-36-38(30)29-12-6-10-27(37-29)23-9-4-5-11-28(23)41-19-20-13-15-22(16-14-20)25-17-24(25)21-7-2-1-3-8-21/h1-16,18,24-25H,17,19H2,(H,39,40)/t24-,25-/m1/s1. The van der Waals surface area contributed by atoms with Crippen LogP contribution in [0.25, 0.3) is 17.1 Å². The smallest absolute Gasteiger partial charge is 0.434 e. The number of alkyl halides is 3. The van der Waals surface area contributed by atoms with Crippen LogP contribution in [0.1, 0.15) is 51.0 Å². The van der Waals surface area contributed by atoms with Crippen LogP contribution in [0.3, 0.4) is 0 Å². The molecular formula is C32H24F3N3O3. The maximum Gasteiger partial charge on any atom is 0.434 e. The molecule has 0 aliphatic heterocycles. The molecule has 5 aromatic rings. The number of carbonyl (C=O) groups is 1. The first-order valence-electron chi connectivity index (χ1n) is 13.0. The van der Waals surface area contributed by atoms with Crippen molar-refractivity contribution in [3.63, 3.8) is 0 Å². The van der Waals surface area contributed by atoms with Gasteiger partial charge in [-0.25, -0.2) is 14.5 Å². The van der Waals surface area contributed by atoms with Crippen molar-refractivity contribution in [2.75, 3.05) is 0 Å². The molecule has 1 fully saturated rings. The van der Waals surface area contributed by atoms with Gasteiger partial charge in [-0.1, -0.05) is 72.8 Å². The topological polar surface area (TPSA) is 77.2 Å². The molecule has 1 N–H and O–H groups in total. The fraction of sp³-hybridized carbons (Fsp3) is 0.156. The van der Waals surface area contributed by atoms with Gasteiger partial charge in [0.15, 0.2) is 11.5 Å². The average Bonchev–Trinajstić information content (AvgIpc) is 3.64. The van der Waals surface area contributed by atoms with Gasteiger partial charge >= 0.3 is 12.1 Å². The molecule has 9 heteroatoms. The van der Waals surface area contributed by atoms with Crippen LogP contribution in [-0.4, -0.2) is 25.8 Å². The van der Waals surface area contributed by atoms with E-state index in [1.165, 1.54) is 23.3 Å². The highest BCUT2D eigenvalue weighted by atomic mass is 19.4. The van der Waals surface area contributed by atoms with Gasteiger partial charge in [0.05, 0.1) is 11.9 Å². The molecule has 3 aromatic carbocycles. The Balaban J connectivity index is 1.20. The van der Waals surface area contributed by atoms with E-state index >= 15 is 0 Å². The summed E-state index contributed by atoms with van der Waals surface area (Å²) in [6, 6.07) is 30.5. The molecular weight excluding hydrogens is 531 g/mol. The third-order valence-corrected chi connectivity index (χ3v) is 7.20. The number of benzene rings is 3. The van der Waals surface area contributed by atoms with Crippen LogP contribution in [0.4, 0.5) is 13.2 Å². The maximum atomic E-state index is 13.7. The van der Waals surface area contributed by atoms with E-state index < -0.39 is 23.4 Å². The van der Waals surface area contributed by atoms with Crippen molar-refractivity contribution >= 4 is 5.97 Å². The SMILES string of the molecule is O=C(O)c1cnn(-c2cccc(-c3ccccc3OCc3ccc([C@H]4C[C@@H]4c4ccccc4)cc3)n2)c1C(F)(F)F. The number of rotatable bonds is 8. The highest BCUT2D eigenvalue weighted by molar-refractivity contribution is 5.89. The number of aromatic nitrogens is 3. The van der Waals surface area contributed by atoms with Gasteiger partial charge in [-0.05, 0) is 59.2 Å². The second-order valence-corrected chi connectivity index (χ2v) is 9.89. The molecule has 0 amide bonds. The first kappa shape index (κ1) is 26.3. The Bertz CT molecular complexity index is 1700. The van der Waals surface area contributed by atoms with Crippen molar-refractivity contribution in [3.05, 3.63) is 131 Å². The summed E-state index contributed by atoms with van der Waals surface area (Å²) < 4.78 is 47.8. The van der Waals surface area contributed by atoms with Gasteiger partial charge in [-0.2, -0.15) is 18.3 Å². The molecule has 0 spiro atoms. The Labute approximate surface area is 233 Å². The molecule has 41 heavy (non-hydrogen) atoms. The number of carboxylic acids is 1. The highest BCUT2D eigenvalue weighted by Gasteiger charge is 2.41. The molecule has 6 rings (SSSR count). The summed E-state index contributed by atoms with van der Waals surface area (Å²) in [5.74, 6) is -0.305. The van der Waals surface area contributed by atoms with Crippen molar-refractivity contribution < 1.29 is 27.8 Å². The molecule has 1 saturated carbocycles. The average molecular weight is 556 g/mol. The third-order valence-electron chi connectivity index (χ3n) is 7.20. The van der Waals surface area contributed by atoms with E-state index in [1.807, 2.05) is 18.2 Å². The monoisotopic (exact) mass is 555 g/mol. The molecule has 2 aromatic heterocycles. The van der Waals surface area contributed by atoms with Crippen molar-refractivity contribution in [3.8, 4) is 22.8 Å². The molecule has 0 saturated heterocycles. The van der Waals surface area contributed by atoms with E-state index in [-0.39, 0.29) is 5.82 Å². The Kier molecular flexibility index (Phi) is 6.78. The summed E-state index contributed by atoms with van der Waals surface area (Å²) in [6.45, 7) is 0.295. The van der Waals surface area contributed by atoms with Gasteiger partial charge < -0.3 is 9.84 Å². The van der Waals surface area contributed by atoms with Crippen molar-refractivity contribution in [2.24, 2.45) is 0 Å². The van der Waals surface area contributed by atoms with Crippen LogP contribution in [0, 0.1) is 0 Å². The van der Waals surface area contributed by atoms with Crippen LogP contribution < -0.4 is 4.74 Å². The maximum absolute atomic E-state index is 13.7. The molecule has 1 aliphatic carbocycles. The summed E-state index contributed by atoms with van der Waals surface area (Å²) in [7, 11) is 0. The number of halogens is 3. The van der Waals surface area contributed by atoms with Gasteiger partial charge in [0.25, 0.3) is 0 Å².